The highest BCUT2D eigenvalue weighted by molar-refractivity contribution is 8.00. The largest absolute Gasteiger partial charge is 0.482 e. The summed E-state index contributed by atoms with van der Waals surface area (Å²) in [6, 6.07) is 5.65. The van der Waals surface area contributed by atoms with Gasteiger partial charge >= 0.3 is 0 Å². The van der Waals surface area contributed by atoms with Crippen LogP contribution in [0.2, 0.25) is 0 Å². The summed E-state index contributed by atoms with van der Waals surface area (Å²) in [6.07, 6.45) is 2.18. The second-order valence-electron chi connectivity index (χ2n) is 6.26. The highest BCUT2D eigenvalue weighted by atomic mass is 32.2. The Morgan fingerprint density at radius 3 is 2.87 bits per heavy atom. The maximum Gasteiger partial charge on any atom is 0.262 e. The van der Waals surface area contributed by atoms with Crippen LogP contribution in [-0.2, 0) is 9.59 Å². The number of hydrogen-bond acceptors (Lipinski definition) is 4. The van der Waals surface area contributed by atoms with E-state index in [4.69, 9.17) is 4.74 Å². The van der Waals surface area contributed by atoms with Gasteiger partial charge in [-0.2, -0.15) is 0 Å². The van der Waals surface area contributed by atoms with Crippen LogP contribution in [0.25, 0.3) is 0 Å². The predicted molar refractivity (Wildman–Crippen MR) is 90.9 cm³/mol. The molecule has 23 heavy (non-hydrogen) atoms. The molecule has 0 bridgehead atoms. The third-order valence-electron chi connectivity index (χ3n) is 4.34. The topological polar surface area (TPSA) is 58.6 Å². The Morgan fingerprint density at radius 2 is 2.13 bits per heavy atom. The van der Waals surface area contributed by atoms with Gasteiger partial charge in [0.05, 0.1) is 10.9 Å². The summed E-state index contributed by atoms with van der Waals surface area (Å²) in [5, 5.41) is 2.66. The van der Waals surface area contributed by atoms with Crippen LogP contribution in [0.5, 0.6) is 5.75 Å². The average molecular weight is 334 g/mol. The van der Waals surface area contributed by atoms with Gasteiger partial charge in [-0.15, -0.1) is 11.8 Å². The molecule has 1 fully saturated rings. The number of piperidine rings is 1. The van der Waals surface area contributed by atoms with E-state index in [0.29, 0.717) is 17.4 Å². The Hall–Kier alpha value is -1.69. The molecule has 1 N–H and O–H groups in total. The highest BCUT2D eigenvalue weighted by Crippen LogP contribution is 2.34. The van der Waals surface area contributed by atoms with E-state index >= 15 is 0 Å². The predicted octanol–water partition coefficient (Wildman–Crippen LogP) is 2.76. The van der Waals surface area contributed by atoms with Crippen LogP contribution in [0, 0.1) is 5.92 Å². The molecule has 5 nitrogen and oxygen atoms in total. The zero-order chi connectivity index (χ0) is 16.4. The number of hydrogen-bond donors (Lipinski definition) is 1. The Labute approximate surface area is 140 Å². The lowest BCUT2D eigenvalue weighted by molar-refractivity contribution is -0.131. The number of nitrogens with one attached hydrogen (secondary N) is 1. The van der Waals surface area contributed by atoms with E-state index in [2.05, 4.69) is 12.2 Å². The van der Waals surface area contributed by atoms with E-state index in [1.807, 2.05) is 30.0 Å². The minimum atomic E-state index is -0.147. The molecule has 0 unspecified atom stereocenters. The Kier molecular flexibility index (Phi) is 4.80. The lowest BCUT2D eigenvalue weighted by atomic mass is 9.99. The lowest BCUT2D eigenvalue weighted by Gasteiger charge is -2.32. The molecule has 1 saturated heterocycles. The quantitative estimate of drug-likeness (QED) is 0.864. The monoisotopic (exact) mass is 334 g/mol. The van der Waals surface area contributed by atoms with Crippen molar-refractivity contribution in [3.63, 3.8) is 0 Å². The molecule has 2 amide bonds. The van der Waals surface area contributed by atoms with Crippen LogP contribution in [0.15, 0.2) is 23.1 Å². The molecule has 1 aromatic rings. The summed E-state index contributed by atoms with van der Waals surface area (Å²) in [4.78, 5) is 26.9. The van der Waals surface area contributed by atoms with Gasteiger partial charge in [-0.1, -0.05) is 6.92 Å². The fourth-order valence-corrected chi connectivity index (χ4v) is 3.87. The Bertz CT molecular complexity index is 612. The van der Waals surface area contributed by atoms with Crippen LogP contribution >= 0.6 is 11.8 Å². The number of nitrogens with zero attached hydrogens (tertiary/aromatic N) is 1. The van der Waals surface area contributed by atoms with Gasteiger partial charge in [0.25, 0.3) is 5.91 Å². The number of benzene rings is 1. The molecule has 0 spiro atoms. The molecule has 1 aromatic carbocycles. The van der Waals surface area contributed by atoms with Crippen LogP contribution in [-0.4, -0.2) is 41.7 Å². The summed E-state index contributed by atoms with van der Waals surface area (Å²) in [6.45, 7) is 5.96. The van der Waals surface area contributed by atoms with Gasteiger partial charge in [-0.3, -0.25) is 9.59 Å². The first-order valence-corrected chi connectivity index (χ1v) is 8.93. The zero-order valence-corrected chi connectivity index (χ0v) is 14.3. The number of carbonyl (C=O) groups excluding carboxylic acids is 2. The molecule has 0 aromatic heterocycles. The number of ether oxygens (including phenoxy) is 1. The molecule has 2 aliphatic rings. The number of rotatable bonds is 3. The van der Waals surface area contributed by atoms with Gasteiger partial charge in [-0.25, -0.2) is 0 Å². The Balaban J connectivity index is 1.63. The molecule has 6 heteroatoms. The number of anilines is 1. The maximum atomic E-state index is 12.6. The van der Waals surface area contributed by atoms with Crippen molar-refractivity contribution in [1.82, 2.24) is 4.90 Å². The van der Waals surface area contributed by atoms with E-state index < -0.39 is 0 Å². The number of fused-ring (bicyclic) bond motifs is 1. The average Bonchev–Trinajstić information content (AvgIpc) is 2.54. The van der Waals surface area contributed by atoms with E-state index in [9.17, 15) is 9.59 Å². The van der Waals surface area contributed by atoms with Crippen LogP contribution in [0.4, 0.5) is 5.69 Å². The molecule has 0 saturated carbocycles. The van der Waals surface area contributed by atoms with Crippen LogP contribution in [0.1, 0.15) is 26.7 Å². The van der Waals surface area contributed by atoms with Crippen molar-refractivity contribution < 1.29 is 14.3 Å². The smallest absolute Gasteiger partial charge is 0.262 e. The minimum absolute atomic E-state index is 0.0573. The summed E-state index contributed by atoms with van der Waals surface area (Å²) < 4.78 is 5.35. The van der Waals surface area contributed by atoms with Crippen molar-refractivity contribution in [2.75, 3.05) is 25.0 Å². The molecule has 3 rings (SSSR count). The standard InChI is InChI=1S/C17H22N2O3S/c1-11-5-7-19(8-6-11)17(21)12(2)23-13-3-4-15-14(9-13)18-16(20)10-22-15/h3-4,9,11-12H,5-8,10H2,1-2H3,(H,18,20)/t12-/m0/s1. The molecule has 0 radical (unpaired) electrons. The zero-order valence-electron chi connectivity index (χ0n) is 13.5. The van der Waals surface area contributed by atoms with Gasteiger partial charge in [0.15, 0.2) is 6.61 Å². The van der Waals surface area contributed by atoms with Gasteiger partial charge < -0.3 is 15.0 Å². The van der Waals surface area contributed by atoms with Crippen molar-refractivity contribution >= 4 is 29.3 Å². The normalized spacial score (nSPS) is 19.6. The lowest BCUT2D eigenvalue weighted by Crippen LogP contribution is -2.41. The second kappa shape index (κ2) is 6.83. The van der Waals surface area contributed by atoms with E-state index in [0.717, 1.165) is 30.8 Å². The first-order chi connectivity index (χ1) is 11.0. The molecular weight excluding hydrogens is 312 g/mol. The number of thioether (sulfide) groups is 1. The number of carbonyl (C=O) groups is 2. The van der Waals surface area contributed by atoms with Gasteiger partial charge in [-0.05, 0) is 43.9 Å². The van der Waals surface area contributed by atoms with Gasteiger partial charge in [0.1, 0.15) is 5.75 Å². The highest BCUT2D eigenvalue weighted by Gasteiger charge is 2.25. The van der Waals surface area contributed by atoms with E-state index in [-0.39, 0.29) is 23.7 Å². The van der Waals surface area contributed by atoms with E-state index in [1.54, 1.807) is 0 Å². The molecule has 2 heterocycles. The fourth-order valence-electron chi connectivity index (χ4n) is 2.88. The van der Waals surface area contributed by atoms with Crippen molar-refractivity contribution in [2.45, 2.75) is 36.8 Å². The van der Waals surface area contributed by atoms with Gasteiger partial charge in [0.2, 0.25) is 5.91 Å². The minimum Gasteiger partial charge on any atom is -0.482 e. The number of likely N-dealkylation sites (tertiary alicyclic amines) is 1. The van der Waals surface area contributed by atoms with Crippen LogP contribution in [0.3, 0.4) is 0 Å². The summed E-state index contributed by atoms with van der Waals surface area (Å²) >= 11 is 1.52. The molecule has 2 aliphatic heterocycles. The third-order valence-corrected chi connectivity index (χ3v) is 5.42. The summed E-state index contributed by atoms with van der Waals surface area (Å²) in [7, 11) is 0. The molecule has 124 valence electrons. The summed E-state index contributed by atoms with van der Waals surface area (Å²) in [5.41, 5.74) is 0.678. The van der Waals surface area contributed by atoms with Crippen LogP contribution < -0.4 is 10.1 Å². The first kappa shape index (κ1) is 16.2. The van der Waals surface area contributed by atoms with Crippen molar-refractivity contribution in [3.8, 4) is 5.75 Å². The third kappa shape index (κ3) is 3.80. The summed E-state index contributed by atoms with van der Waals surface area (Å²) in [5.74, 6) is 1.44. The molecule has 0 aliphatic carbocycles. The Morgan fingerprint density at radius 1 is 1.39 bits per heavy atom. The van der Waals surface area contributed by atoms with Crippen molar-refractivity contribution in [1.29, 1.82) is 0 Å². The van der Waals surface area contributed by atoms with E-state index in [1.165, 1.54) is 11.8 Å². The van der Waals surface area contributed by atoms with Crippen molar-refractivity contribution in [3.05, 3.63) is 18.2 Å². The maximum absolute atomic E-state index is 12.6. The van der Waals surface area contributed by atoms with Crippen molar-refractivity contribution in [2.24, 2.45) is 5.92 Å². The molecular formula is C17H22N2O3S. The SMILES string of the molecule is CC1CCN(C(=O)[C@H](C)Sc2ccc3c(c2)NC(=O)CO3)CC1. The number of amides is 2. The molecule has 1 atom stereocenters. The fraction of sp³-hybridized carbons (Fsp3) is 0.529. The first-order valence-electron chi connectivity index (χ1n) is 8.05. The second-order valence-corrected chi connectivity index (χ2v) is 7.68. The van der Waals surface area contributed by atoms with Gasteiger partial charge in [0, 0.05) is 18.0 Å².